The molecular formula is C26H36ClN3O4S. The van der Waals surface area contributed by atoms with Gasteiger partial charge in [0.2, 0.25) is 21.8 Å². The Balaban J connectivity index is 2.15. The van der Waals surface area contributed by atoms with Crippen LogP contribution < -0.4 is 5.32 Å². The quantitative estimate of drug-likeness (QED) is 0.421. The minimum absolute atomic E-state index is 0.00865. The fraction of sp³-hybridized carbons (Fsp3) is 0.462. The second kappa shape index (κ2) is 13.6. The summed E-state index contributed by atoms with van der Waals surface area (Å²) in [5, 5.41) is 3.50. The number of rotatable bonds is 13. The number of hydrogen-bond donors (Lipinski definition) is 1. The van der Waals surface area contributed by atoms with Gasteiger partial charge in [-0.2, -0.15) is 0 Å². The molecule has 35 heavy (non-hydrogen) atoms. The van der Waals surface area contributed by atoms with Crippen LogP contribution in [0.4, 0.5) is 0 Å². The van der Waals surface area contributed by atoms with Crippen molar-refractivity contribution in [2.24, 2.45) is 0 Å². The average molecular weight is 522 g/mol. The van der Waals surface area contributed by atoms with Crippen molar-refractivity contribution < 1.29 is 18.0 Å². The summed E-state index contributed by atoms with van der Waals surface area (Å²) in [6, 6.07) is 14.8. The Bertz CT molecular complexity index is 1080. The molecule has 0 aliphatic rings. The second-order valence-electron chi connectivity index (χ2n) is 8.60. The average Bonchev–Trinajstić information content (AvgIpc) is 2.85. The third kappa shape index (κ3) is 8.05. The molecule has 0 aliphatic carbocycles. The van der Waals surface area contributed by atoms with E-state index in [1.54, 1.807) is 41.3 Å². The van der Waals surface area contributed by atoms with E-state index < -0.39 is 16.1 Å². The largest absolute Gasteiger partial charge is 0.352 e. The first-order valence-corrected chi connectivity index (χ1v) is 13.8. The monoisotopic (exact) mass is 521 g/mol. The maximum absolute atomic E-state index is 13.4. The van der Waals surface area contributed by atoms with Gasteiger partial charge in [-0.3, -0.25) is 9.59 Å². The number of carbonyl (C=O) groups excluding carboxylic acids is 2. The fourth-order valence-corrected chi connectivity index (χ4v) is 5.09. The highest BCUT2D eigenvalue weighted by atomic mass is 35.5. The lowest BCUT2D eigenvalue weighted by molar-refractivity contribution is -0.141. The topological polar surface area (TPSA) is 86.8 Å². The van der Waals surface area contributed by atoms with Crippen molar-refractivity contribution in [1.82, 2.24) is 14.5 Å². The Morgan fingerprint density at radius 1 is 1.00 bits per heavy atom. The van der Waals surface area contributed by atoms with E-state index in [0.29, 0.717) is 17.9 Å². The van der Waals surface area contributed by atoms with Crippen molar-refractivity contribution in [3.05, 3.63) is 65.2 Å². The molecule has 2 aromatic carbocycles. The summed E-state index contributed by atoms with van der Waals surface area (Å²) in [6.07, 6.45) is 1.65. The SMILES string of the molecule is CC[C@H](C(=O)N[C@@H](C)CC)N(Cc1ccccc1Cl)C(=O)CCCN(C)S(=O)(=O)c1ccccc1. The van der Waals surface area contributed by atoms with Gasteiger partial charge in [0, 0.05) is 37.6 Å². The van der Waals surface area contributed by atoms with Crippen LogP contribution in [0.2, 0.25) is 5.02 Å². The number of nitrogens with one attached hydrogen (secondary N) is 1. The molecule has 9 heteroatoms. The summed E-state index contributed by atoms with van der Waals surface area (Å²) in [5.41, 5.74) is 0.751. The van der Waals surface area contributed by atoms with Crippen LogP contribution in [0.5, 0.6) is 0 Å². The van der Waals surface area contributed by atoms with Crippen molar-refractivity contribution in [2.45, 2.75) is 70.0 Å². The van der Waals surface area contributed by atoms with E-state index in [1.165, 1.54) is 11.4 Å². The number of hydrogen-bond acceptors (Lipinski definition) is 4. The van der Waals surface area contributed by atoms with Gasteiger partial charge in [0.1, 0.15) is 6.04 Å². The number of nitrogens with zero attached hydrogens (tertiary/aromatic N) is 2. The highest BCUT2D eigenvalue weighted by Gasteiger charge is 2.30. The number of amides is 2. The van der Waals surface area contributed by atoms with Gasteiger partial charge in [-0.05, 0) is 49.9 Å². The van der Waals surface area contributed by atoms with Crippen LogP contribution in [0.25, 0.3) is 0 Å². The molecule has 2 atom stereocenters. The van der Waals surface area contributed by atoms with E-state index in [1.807, 2.05) is 39.0 Å². The molecule has 1 N–H and O–H groups in total. The number of sulfonamides is 1. The molecule has 0 unspecified atom stereocenters. The van der Waals surface area contributed by atoms with E-state index in [9.17, 15) is 18.0 Å². The molecule has 0 fully saturated rings. The van der Waals surface area contributed by atoms with E-state index in [-0.39, 0.29) is 42.3 Å². The van der Waals surface area contributed by atoms with Crippen molar-refractivity contribution in [2.75, 3.05) is 13.6 Å². The summed E-state index contributed by atoms with van der Waals surface area (Å²) in [6.45, 7) is 6.15. The molecule has 0 heterocycles. The van der Waals surface area contributed by atoms with E-state index >= 15 is 0 Å². The first-order valence-electron chi connectivity index (χ1n) is 12.0. The van der Waals surface area contributed by atoms with Gasteiger partial charge in [-0.25, -0.2) is 12.7 Å². The van der Waals surface area contributed by atoms with Gasteiger partial charge in [0.05, 0.1) is 4.90 Å². The van der Waals surface area contributed by atoms with E-state index in [0.717, 1.165) is 12.0 Å². The van der Waals surface area contributed by atoms with Gasteiger partial charge in [-0.15, -0.1) is 0 Å². The minimum Gasteiger partial charge on any atom is -0.352 e. The molecular weight excluding hydrogens is 486 g/mol. The zero-order chi connectivity index (χ0) is 26.0. The standard InChI is InChI=1S/C26H36ClN3O4S/c1-5-20(3)28-26(32)24(6-2)30(19-21-13-10-11-16-23(21)27)25(31)17-12-18-29(4)35(33,34)22-14-8-7-9-15-22/h7-11,13-16,20,24H,5-6,12,17-19H2,1-4H3,(H,28,32)/t20-,24+/m0/s1. The summed E-state index contributed by atoms with van der Waals surface area (Å²) in [5.74, 6) is -0.424. The first kappa shape index (κ1) is 28.8. The van der Waals surface area contributed by atoms with Crippen LogP contribution in [0.3, 0.4) is 0 Å². The van der Waals surface area contributed by atoms with Crippen LogP contribution in [0.1, 0.15) is 52.0 Å². The molecule has 7 nitrogen and oxygen atoms in total. The predicted octanol–water partition coefficient (Wildman–Crippen LogP) is 4.46. The molecule has 0 bridgehead atoms. The number of carbonyl (C=O) groups is 2. The molecule has 0 aliphatic heterocycles. The molecule has 0 radical (unpaired) electrons. The number of halogens is 1. The maximum atomic E-state index is 13.4. The molecule has 2 amide bonds. The third-order valence-electron chi connectivity index (χ3n) is 6.00. The summed E-state index contributed by atoms with van der Waals surface area (Å²) in [7, 11) is -2.13. The summed E-state index contributed by atoms with van der Waals surface area (Å²) >= 11 is 6.35. The normalized spacial score (nSPS) is 13.3. The lowest BCUT2D eigenvalue weighted by Gasteiger charge is -2.32. The van der Waals surface area contributed by atoms with Crippen LogP contribution in [0, 0.1) is 0 Å². The van der Waals surface area contributed by atoms with Crippen molar-refractivity contribution in [1.29, 1.82) is 0 Å². The molecule has 192 valence electrons. The Hall–Kier alpha value is -2.42. The van der Waals surface area contributed by atoms with Gasteiger partial charge in [-0.1, -0.05) is 61.8 Å². The summed E-state index contributed by atoms with van der Waals surface area (Å²) < 4.78 is 26.8. The zero-order valence-electron chi connectivity index (χ0n) is 20.9. The van der Waals surface area contributed by atoms with Gasteiger partial charge in [0.15, 0.2) is 0 Å². The lowest BCUT2D eigenvalue weighted by atomic mass is 10.1. The van der Waals surface area contributed by atoms with E-state index in [2.05, 4.69) is 5.32 Å². The van der Waals surface area contributed by atoms with Gasteiger partial charge < -0.3 is 10.2 Å². The maximum Gasteiger partial charge on any atom is 0.243 e. The predicted molar refractivity (Wildman–Crippen MR) is 139 cm³/mol. The Morgan fingerprint density at radius 2 is 1.63 bits per heavy atom. The van der Waals surface area contributed by atoms with Crippen LogP contribution in [-0.4, -0.2) is 55.1 Å². The molecule has 0 aromatic heterocycles. The summed E-state index contributed by atoms with van der Waals surface area (Å²) in [4.78, 5) is 28.1. The lowest BCUT2D eigenvalue weighted by Crippen LogP contribution is -2.50. The smallest absolute Gasteiger partial charge is 0.243 e. The third-order valence-corrected chi connectivity index (χ3v) is 8.24. The van der Waals surface area contributed by atoms with Crippen LogP contribution in [0.15, 0.2) is 59.5 Å². The van der Waals surface area contributed by atoms with Crippen LogP contribution in [-0.2, 0) is 26.2 Å². The Labute approximate surface area is 214 Å². The highest BCUT2D eigenvalue weighted by molar-refractivity contribution is 7.89. The van der Waals surface area contributed by atoms with Crippen molar-refractivity contribution in [3.8, 4) is 0 Å². The fourth-order valence-electron chi connectivity index (χ4n) is 3.66. The molecule has 0 saturated heterocycles. The number of benzene rings is 2. The van der Waals surface area contributed by atoms with Gasteiger partial charge >= 0.3 is 0 Å². The Morgan fingerprint density at radius 3 is 2.23 bits per heavy atom. The minimum atomic E-state index is -3.64. The highest BCUT2D eigenvalue weighted by Crippen LogP contribution is 2.21. The van der Waals surface area contributed by atoms with E-state index in [4.69, 9.17) is 11.6 Å². The molecule has 0 saturated carbocycles. The molecule has 2 aromatic rings. The first-order chi connectivity index (χ1) is 16.6. The molecule has 2 rings (SSSR count). The zero-order valence-corrected chi connectivity index (χ0v) is 22.5. The van der Waals surface area contributed by atoms with Crippen molar-refractivity contribution in [3.63, 3.8) is 0 Å². The van der Waals surface area contributed by atoms with Gasteiger partial charge in [0.25, 0.3) is 0 Å². The van der Waals surface area contributed by atoms with Crippen molar-refractivity contribution >= 4 is 33.4 Å². The second-order valence-corrected chi connectivity index (χ2v) is 11.1. The van der Waals surface area contributed by atoms with Crippen LogP contribution >= 0.6 is 11.6 Å². The molecule has 0 spiro atoms. The Kier molecular flexibility index (Phi) is 11.2.